The summed E-state index contributed by atoms with van der Waals surface area (Å²) in [7, 11) is 6.41. The molecule has 3 amide bonds. The molecule has 5 aromatic rings. The summed E-state index contributed by atoms with van der Waals surface area (Å²) in [6, 6.07) is 21.4. The van der Waals surface area contributed by atoms with Crippen molar-refractivity contribution in [2.24, 2.45) is 19.1 Å². The van der Waals surface area contributed by atoms with Gasteiger partial charge >= 0.3 is 5.97 Å². The molecule has 2 aliphatic heterocycles. The van der Waals surface area contributed by atoms with Crippen LogP contribution >= 0.6 is 0 Å². The highest BCUT2D eigenvalue weighted by atomic mass is 16.5. The van der Waals surface area contributed by atoms with Crippen LogP contribution in [0.2, 0.25) is 0 Å². The lowest BCUT2D eigenvalue weighted by Crippen LogP contribution is -2.35. The number of rotatable bonds is 10. The van der Waals surface area contributed by atoms with Crippen molar-refractivity contribution in [2.45, 2.75) is 18.9 Å². The van der Waals surface area contributed by atoms with E-state index in [1.54, 1.807) is 65.8 Å². The Bertz CT molecular complexity index is 2250. The molecule has 270 valence electrons. The van der Waals surface area contributed by atoms with Gasteiger partial charge in [0.1, 0.15) is 11.4 Å². The molecule has 2 aliphatic rings. The molecule has 0 bridgehead atoms. The van der Waals surface area contributed by atoms with Gasteiger partial charge in [-0.15, -0.1) is 0 Å². The Morgan fingerprint density at radius 3 is 2.06 bits per heavy atom. The normalized spacial score (nSPS) is 14.6. The van der Waals surface area contributed by atoms with Crippen molar-refractivity contribution >= 4 is 47.0 Å². The molecule has 7 rings (SSSR count). The Balaban J connectivity index is 0.956. The molecule has 13 heteroatoms. The summed E-state index contributed by atoms with van der Waals surface area (Å²) >= 11 is 0. The zero-order valence-electron chi connectivity index (χ0n) is 29.7. The number of carbonyl (C=O) groups excluding carboxylic acids is 4. The Kier molecular flexibility index (Phi) is 9.55. The van der Waals surface area contributed by atoms with Crippen molar-refractivity contribution in [3.05, 3.63) is 102 Å². The molecule has 4 heterocycles. The fourth-order valence-corrected chi connectivity index (χ4v) is 6.63. The molecular weight excluding hydrogens is 676 g/mol. The van der Waals surface area contributed by atoms with E-state index < -0.39 is 5.97 Å². The second-order valence-electron chi connectivity index (χ2n) is 12.9. The summed E-state index contributed by atoms with van der Waals surface area (Å²) in [5.41, 5.74) is 6.46. The van der Waals surface area contributed by atoms with Crippen LogP contribution in [0.3, 0.4) is 0 Å². The van der Waals surface area contributed by atoms with E-state index in [1.165, 1.54) is 14.2 Å². The van der Waals surface area contributed by atoms with Crippen LogP contribution in [0, 0.1) is 0 Å². The second-order valence-corrected chi connectivity index (χ2v) is 12.9. The van der Waals surface area contributed by atoms with E-state index in [0.717, 1.165) is 35.1 Å². The Labute approximate surface area is 305 Å². The lowest BCUT2D eigenvalue weighted by molar-refractivity contribution is -0.118. The lowest BCUT2D eigenvalue weighted by atomic mass is 10.1. The Morgan fingerprint density at radius 1 is 0.792 bits per heavy atom. The van der Waals surface area contributed by atoms with Crippen LogP contribution in [0.1, 0.15) is 44.2 Å². The number of amides is 3. The molecule has 1 atom stereocenters. The number of carbonyl (C=O) groups is 4. The maximum Gasteiger partial charge on any atom is 0.354 e. The molecule has 53 heavy (non-hydrogen) atoms. The van der Waals surface area contributed by atoms with Gasteiger partial charge in [0.25, 0.3) is 17.7 Å². The average Bonchev–Trinajstić information content (AvgIpc) is 3.89. The third-order valence-corrected chi connectivity index (χ3v) is 9.43. The third kappa shape index (κ3) is 7.13. The molecule has 1 saturated heterocycles. The highest BCUT2D eigenvalue weighted by Crippen LogP contribution is 2.38. The van der Waals surface area contributed by atoms with Gasteiger partial charge in [-0.2, -0.15) is 0 Å². The predicted octanol–water partition coefficient (Wildman–Crippen LogP) is 6.08. The van der Waals surface area contributed by atoms with Crippen LogP contribution in [0.25, 0.3) is 22.3 Å². The molecule has 2 N–H and O–H groups in total. The van der Waals surface area contributed by atoms with E-state index in [4.69, 9.17) is 14.2 Å². The predicted molar refractivity (Wildman–Crippen MR) is 200 cm³/mol. The number of nitrogens with one attached hydrogen (secondary N) is 2. The van der Waals surface area contributed by atoms with Gasteiger partial charge in [-0.05, 0) is 66.4 Å². The Hall–Kier alpha value is -6.63. The fraction of sp³-hybridized carbons (Fsp3) is 0.225. The first-order valence-corrected chi connectivity index (χ1v) is 17.0. The van der Waals surface area contributed by atoms with Crippen molar-refractivity contribution in [1.29, 1.82) is 0 Å². The number of ether oxygens (including phenoxy) is 3. The minimum atomic E-state index is -0.412. The topological polar surface area (TPSA) is 145 Å². The summed E-state index contributed by atoms with van der Waals surface area (Å²) < 4.78 is 19.6. The zero-order valence-corrected chi connectivity index (χ0v) is 29.7. The number of hydrogen-bond donors (Lipinski definition) is 2. The molecule has 3 aromatic carbocycles. The maximum absolute atomic E-state index is 13.2. The SMILES string of the molecule is COC(=O)c1cc(-c2ccc(NC(=O)c3cc(-c4ccc(NC(=O)COc5cc6c(cc5OC)C(=O)N5CCC[C@H]5C=N6)cc4)cn3C)cc2)cn1C. The van der Waals surface area contributed by atoms with Gasteiger partial charge in [0.2, 0.25) is 0 Å². The van der Waals surface area contributed by atoms with Crippen LogP contribution in [-0.2, 0) is 23.6 Å². The standard InChI is InChI=1S/C40H38N6O7/c1-44-21-26(16-33(44)38(48)43-29-13-9-25(10-14-29)27-17-34(40(50)52-4)45(2)22-27)24-7-11-28(12-8-24)42-37(47)23-53-36-19-32-31(18-35(36)51-3)39(49)46-15-5-6-30(46)20-41-32/h7-14,16-22,30H,5-6,15,23H2,1-4H3,(H,42,47)(H,43,48)/t30-/m0/s1. The summed E-state index contributed by atoms with van der Waals surface area (Å²) in [6.07, 6.45) is 7.33. The minimum absolute atomic E-state index is 0.0199. The Morgan fingerprint density at radius 2 is 1.42 bits per heavy atom. The van der Waals surface area contributed by atoms with Gasteiger partial charge in [0, 0.05) is 67.8 Å². The van der Waals surface area contributed by atoms with Gasteiger partial charge in [-0.1, -0.05) is 24.3 Å². The fourth-order valence-electron chi connectivity index (χ4n) is 6.63. The van der Waals surface area contributed by atoms with Gasteiger partial charge in [-0.25, -0.2) is 4.79 Å². The number of methoxy groups -OCH3 is 2. The quantitative estimate of drug-likeness (QED) is 0.167. The summed E-state index contributed by atoms with van der Waals surface area (Å²) in [4.78, 5) is 57.6. The van der Waals surface area contributed by atoms with Crippen molar-refractivity contribution in [1.82, 2.24) is 14.0 Å². The number of aromatic nitrogens is 2. The number of fused-ring (bicyclic) bond motifs is 2. The largest absolute Gasteiger partial charge is 0.493 e. The molecule has 0 saturated carbocycles. The van der Waals surface area contributed by atoms with E-state index in [1.807, 2.05) is 53.7 Å². The highest BCUT2D eigenvalue weighted by Gasteiger charge is 2.32. The maximum atomic E-state index is 13.2. The molecule has 0 unspecified atom stereocenters. The number of nitrogens with zero attached hydrogens (tertiary/aromatic N) is 4. The number of hydrogen-bond acceptors (Lipinski definition) is 8. The van der Waals surface area contributed by atoms with Crippen molar-refractivity contribution in [2.75, 3.05) is 38.0 Å². The zero-order chi connectivity index (χ0) is 37.2. The number of aryl methyl sites for hydroxylation is 2. The monoisotopic (exact) mass is 714 g/mol. The van der Waals surface area contributed by atoms with Crippen LogP contribution in [0.5, 0.6) is 11.5 Å². The van der Waals surface area contributed by atoms with E-state index >= 15 is 0 Å². The molecular formula is C40H38N6O7. The summed E-state index contributed by atoms with van der Waals surface area (Å²) in [5.74, 6) is -0.498. The van der Waals surface area contributed by atoms with Crippen molar-refractivity contribution < 1.29 is 33.4 Å². The molecule has 13 nitrogen and oxygen atoms in total. The first-order chi connectivity index (χ1) is 25.6. The van der Waals surface area contributed by atoms with Gasteiger partial charge in [-0.3, -0.25) is 19.4 Å². The number of benzene rings is 3. The van der Waals surface area contributed by atoms with Crippen molar-refractivity contribution in [3.63, 3.8) is 0 Å². The van der Waals surface area contributed by atoms with E-state index in [0.29, 0.717) is 52.1 Å². The molecule has 0 spiro atoms. The van der Waals surface area contributed by atoms with Crippen LogP contribution in [0.15, 0.2) is 90.2 Å². The average molecular weight is 715 g/mol. The number of esters is 1. The summed E-state index contributed by atoms with van der Waals surface area (Å²) in [6.45, 7) is 0.405. The number of anilines is 2. The summed E-state index contributed by atoms with van der Waals surface area (Å²) in [5, 5.41) is 5.78. The molecule has 2 aromatic heterocycles. The second kappa shape index (κ2) is 14.5. The van der Waals surface area contributed by atoms with E-state index in [-0.39, 0.29) is 30.4 Å². The smallest absolute Gasteiger partial charge is 0.354 e. The first-order valence-electron chi connectivity index (χ1n) is 17.0. The van der Waals surface area contributed by atoms with E-state index in [2.05, 4.69) is 15.6 Å². The molecule has 1 fully saturated rings. The van der Waals surface area contributed by atoms with Crippen LogP contribution < -0.4 is 20.1 Å². The third-order valence-electron chi connectivity index (χ3n) is 9.43. The highest BCUT2D eigenvalue weighted by molar-refractivity contribution is 6.05. The van der Waals surface area contributed by atoms with E-state index in [9.17, 15) is 19.2 Å². The van der Waals surface area contributed by atoms with Gasteiger partial charge in [0.05, 0.1) is 31.5 Å². The van der Waals surface area contributed by atoms with Crippen molar-refractivity contribution in [3.8, 4) is 33.8 Å². The lowest BCUT2D eigenvalue weighted by Gasteiger charge is -2.20. The first kappa shape index (κ1) is 34.8. The van der Waals surface area contributed by atoms with Gasteiger partial charge in [0.15, 0.2) is 18.1 Å². The minimum Gasteiger partial charge on any atom is -0.493 e. The van der Waals surface area contributed by atoms with Crippen LogP contribution in [-0.4, -0.2) is 77.4 Å². The number of aliphatic imine (C=N–C) groups is 1. The molecule has 0 radical (unpaired) electrons. The van der Waals surface area contributed by atoms with Crippen LogP contribution in [0.4, 0.5) is 17.1 Å². The van der Waals surface area contributed by atoms with Gasteiger partial charge < -0.3 is 38.9 Å². The molecule has 0 aliphatic carbocycles.